The molecule has 0 radical (unpaired) electrons. The number of benzene rings is 1. The molecule has 1 aromatic rings. The van der Waals surface area contributed by atoms with Gasteiger partial charge in [0, 0.05) is 17.8 Å². The third-order valence-corrected chi connectivity index (χ3v) is 2.69. The second-order valence-corrected chi connectivity index (χ2v) is 4.07. The fourth-order valence-corrected chi connectivity index (χ4v) is 1.76. The van der Waals surface area contributed by atoms with Gasteiger partial charge in [-0.15, -0.1) is 0 Å². The predicted octanol–water partition coefficient (Wildman–Crippen LogP) is 2.48. The zero-order valence-corrected chi connectivity index (χ0v) is 8.18. The van der Waals surface area contributed by atoms with Crippen LogP contribution in [0.4, 0.5) is 10.1 Å². The van der Waals surface area contributed by atoms with E-state index in [1.807, 2.05) is 6.07 Å². The van der Waals surface area contributed by atoms with Crippen molar-refractivity contribution in [3.05, 3.63) is 23.8 Å². The van der Waals surface area contributed by atoms with Gasteiger partial charge >= 0.3 is 0 Å². The fourth-order valence-electron chi connectivity index (χ4n) is 1.76. The predicted molar refractivity (Wildman–Crippen MR) is 54.4 cm³/mol. The summed E-state index contributed by atoms with van der Waals surface area (Å²) >= 11 is 0. The first kappa shape index (κ1) is 9.31. The summed E-state index contributed by atoms with van der Waals surface area (Å²) in [4.78, 5) is 0. The molecule has 0 bridgehead atoms. The number of nitrogens with one attached hydrogen (secondary N) is 1. The van der Waals surface area contributed by atoms with Crippen LogP contribution in [0.15, 0.2) is 18.2 Å². The van der Waals surface area contributed by atoms with Gasteiger partial charge in [0.2, 0.25) is 0 Å². The summed E-state index contributed by atoms with van der Waals surface area (Å²) in [6.45, 7) is 1.90. The van der Waals surface area contributed by atoms with Gasteiger partial charge in [0.15, 0.2) is 0 Å². The summed E-state index contributed by atoms with van der Waals surface area (Å²) in [6, 6.07) is 5.28. The Morgan fingerprint density at radius 2 is 2.29 bits per heavy atom. The lowest BCUT2D eigenvalue weighted by Crippen LogP contribution is -2.26. The van der Waals surface area contributed by atoms with E-state index in [1.165, 1.54) is 0 Å². The maximum absolute atomic E-state index is 13.7. The molecule has 1 heterocycles. The smallest absolute Gasteiger partial charge is 0.125 e. The highest BCUT2D eigenvalue weighted by Crippen LogP contribution is 2.32. The number of fused-ring (bicyclic) bond motifs is 1. The number of hydrogen-bond acceptors (Lipinski definition) is 2. The minimum Gasteiger partial charge on any atom is -0.508 e. The quantitative estimate of drug-likeness (QED) is 0.666. The van der Waals surface area contributed by atoms with E-state index in [4.69, 9.17) is 0 Å². The van der Waals surface area contributed by atoms with Gasteiger partial charge in [-0.25, -0.2) is 4.39 Å². The zero-order chi connectivity index (χ0) is 10.2. The molecule has 2 N–H and O–H groups in total. The van der Waals surface area contributed by atoms with E-state index in [2.05, 4.69) is 5.32 Å². The van der Waals surface area contributed by atoms with Crippen LogP contribution in [0.1, 0.15) is 18.9 Å². The first-order chi connectivity index (χ1) is 6.58. The van der Waals surface area contributed by atoms with Crippen molar-refractivity contribution in [1.29, 1.82) is 0 Å². The molecular formula is C11H14FNO. The Labute approximate surface area is 82.8 Å². The van der Waals surface area contributed by atoms with Gasteiger partial charge in [-0.05, 0) is 31.9 Å². The van der Waals surface area contributed by atoms with E-state index in [-0.39, 0.29) is 5.75 Å². The maximum atomic E-state index is 13.7. The van der Waals surface area contributed by atoms with Crippen molar-refractivity contribution in [3.8, 4) is 5.75 Å². The molecule has 1 unspecified atom stereocenters. The fraction of sp³-hybridized carbons (Fsp3) is 0.455. The number of hydrogen-bond donors (Lipinski definition) is 2. The number of phenols is 1. The minimum absolute atomic E-state index is 0.257. The van der Waals surface area contributed by atoms with Crippen molar-refractivity contribution in [3.63, 3.8) is 0 Å². The van der Waals surface area contributed by atoms with Crippen molar-refractivity contribution in [2.24, 2.45) is 0 Å². The van der Waals surface area contributed by atoms with Gasteiger partial charge in [-0.1, -0.05) is 6.07 Å². The molecule has 1 atom stereocenters. The average Bonchev–Trinajstić information content (AvgIpc) is 2.27. The molecule has 1 aliphatic rings. The number of anilines is 1. The Kier molecular flexibility index (Phi) is 2.10. The second-order valence-electron chi connectivity index (χ2n) is 4.07. The van der Waals surface area contributed by atoms with Crippen LogP contribution in [0.2, 0.25) is 0 Å². The molecule has 0 aromatic heterocycles. The third kappa shape index (κ3) is 1.67. The highest BCUT2D eigenvalue weighted by Gasteiger charge is 2.27. The van der Waals surface area contributed by atoms with Crippen LogP contribution >= 0.6 is 0 Å². The van der Waals surface area contributed by atoms with Gasteiger partial charge in [-0.3, -0.25) is 0 Å². The highest BCUT2D eigenvalue weighted by molar-refractivity contribution is 5.58. The normalized spacial score (nSPS) is 26.1. The Balaban J connectivity index is 2.34. The van der Waals surface area contributed by atoms with Gasteiger partial charge in [0.05, 0.1) is 0 Å². The number of aromatic hydroxyl groups is 1. The molecule has 3 heteroatoms. The SMILES string of the molecule is CC1(F)CCc2c(O)cccc2NC1. The molecule has 14 heavy (non-hydrogen) atoms. The third-order valence-electron chi connectivity index (χ3n) is 2.69. The molecule has 0 saturated heterocycles. The molecule has 0 fully saturated rings. The maximum Gasteiger partial charge on any atom is 0.125 e. The van der Waals surface area contributed by atoms with E-state index in [0.29, 0.717) is 19.4 Å². The Hall–Kier alpha value is -1.25. The lowest BCUT2D eigenvalue weighted by molar-refractivity contribution is 0.194. The van der Waals surface area contributed by atoms with Gasteiger partial charge in [0.25, 0.3) is 0 Å². The van der Waals surface area contributed by atoms with E-state index >= 15 is 0 Å². The lowest BCUT2D eigenvalue weighted by atomic mass is 10.00. The summed E-state index contributed by atoms with van der Waals surface area (Å²) in [6.07, 6.45) is 1.03. The molecule has 1 aromatic carbocycles. The topological polar surface area (TPSA) is 32.3 Å². The van der Waals surface area contributed by atoms with Crippen molar-refractivity contribution < 1.29 is 9.50 Å². The van der Waals surface area contributed by atoms with Crippen LogP contribution in [-0.4, -0.2) is 17.3 Å². The van der Waals surface area contributed by atoms with Crippen LogP contribution in [-0.2, 0) is 6.42 Å². The van der Waals surface area contributed by atoms with E-state index in [0.717, 1.165) is 11.3 Å². The minimum atomic E-state index is -1.19. The number of rotatable bonds is 0. The first-order valence-corrected chi connectivity index (χ1v) is 4.82. The van der Waals surface area contributed by atoms with Crippen LogP contribution in [0, 0.1) is 0 Å². The highest BCUT2D eigenvalue weighted by atomic mass is 19.1. The molecule has 1 aliphatic heterocycles. The summed E-state index contributed by atoms with van der Waals surface area (Å²) < 4.78 is 13.7. The Morgan fingerprint density at radius 1 is 1.50 bits per heavy atom. The van der Waals surface area contributed by atoms with Crippen LogP contribution in [0.25, 0.3) is 0 Å². The number of halogens is 1. The first-order valence-electron chi connectivity index (χ1n) is 4.82. The average molecular weight is 195 g/mol. The largest absolute Gasteiger partial charge is 0.508 e. The summed E-state index contributed by atoms with van der Waals surface area (Å²) in [5, 5.41) is 12.6. The van der Waals surface area contributed by atoms with E-state index in [1.54, 1.807) is 19.1 Å². The van der Waals surface area contributed by atoms with E-state index < -0.39 is 5.67 Å². The molecule has 76 valence electrons. The molecule has 0 saturated carbocycles. The molecule has 0 amide bonds. The van der Waals surface area contributed by atoms with Gasteiger partial charge in [-0.2, -0.15) is 0 Å². The summed E-state index contributed by atoms with van der Waals surface area (Å²) in [5.74, 6) is 0.257. The second kappa shape index (κ2) is 3.15. The molecular weight excluding hydrogens is 181 g/mol. The molecule has 2 rings (SSSR count). The summed E-state index contributed by atoms with van der Waals surface area (Å²) in [7, 11) is 0. The van der Waals surface area contributed by atoms with E-state index in [9.17, 15) is 9.50 Å². The zero-order valence-electron chi connectivity index (χ0n) is 8.18. The molecule has 2 nitrogen and oxygen atoms in total. The van der Waals surface area contributed by atoms with Gasteiger partial charge < -0.3 is 10.4 Å². The van der Waals surface area contributed by atoms with Crippen LogP contribution in [0.3, 0.4) is 0 Å². The van der Waals surface area contributed by atoms with Crippen LogP contribution < -0.4 is 5.32 Å². The monoisotopic (exact) mass is 195 g/mol. The van der Waals surface area contributed by atoms with Gasteiger partial charge in [0.1, 0.15) is 11.4 Å². The van der Waals surface area contributed by atoms with Crippen LogP contribution in [0.5, 0.6) is 5.75 Å². The number of phenolic OH excluding ortho intramolecular Hbond substituents is 1. The Bertz CT molecular complexity index is 349. The van der Waals surface area contributed by atoms with Crippen molar-refractivity contribution in [2.75, 3.05) is 11.9 Å². The summed E-state index contributed by atoms with van der Waals surface area (Å²) in [5.41, 5.74) is 0.492. The number of alkyl halides is 1. The standard InChI is InChI=1S/C11H14FNO/c1-11(12)6-5-8-9(13-7-11)3-2-4-10(8)14/h2-4,13-14H,5-7H2,1H3. The van der Waals surface area contributed by atoms with Crippen molar-refractivity contribution in [1.82, 2.24) is 0 Å². The van der Waals surface area contributed by atoms with Crippen molar-refractivity contribution in [2.45, 2.75) is 25.4 Å². The molecule has 0 spiro atoms. The molecule has 0 aliphatic carbocycles. The Morgan fingerprint density at radius 3 is 3.07 bits per heavy atom. The van der Waals surface area contributed by atoms with Crippen molar-refractivity contribution >= 4 is 5.69 Å². The lowest BCUT2D eigenvalue weighted by Gasteiger charge is -2.16.